The van der Waals surface area contributed by atoms with Crippen molar-refractivity contribution in [2.24, 2.45) is 5.73 Å². The fraction of sp³-hybridized carbons (Fsp3) is 0.500. The van der Waals surface area contributed by atoms with E-state index in [-0.39, 0.29) is 23.8 Å². The molecule has 0 aliphatic rings. The van der Waals surface area contributed by atoms with Crippen molar-refractivity contribution in [3.63, 3.8) is 0 Å². The largest absolute Gasteiger partial charge is 0.480 e. The second-order valence-corrected chi connectivity index (χ2v) is 5.35. The Morgan fingerprint density at radius 2 is 1.96 bits per heavy atom. The molecule has 0 radical (unpaired) electrons. The smallest absolute Gasteiger partial charge is 0.331 e. The number of carbonyl (C=O) groups excluding carboxylic acids is 3. The molecule has 0 fully saturated rings. The van der Waals surface area contributed by atoms with Gasteiger partial charge in [0.25, 0.3) is 0 Å². The lowest BCUT2D eigenvalue weighted by atomic mass is 10.1. The standard InChI is InChI=1S/C12H17Cl2N3O6S/c13-3-8(14)23-10(19)4-16-11(20)7(5-24)17-9(18)2-1-6(15)12(21)22/h3,6-7,24H,1-2,4-5,15H2,(H,16,20)(H,17,18)(H,21,22)/t6?,7-/m1/s1. The number of carboxylic acid groups (broad SMARTS) is 1. The molecule has 24 heavy (non-hydrogen) atoms. The number of hydrogen-bond acceptors (Lipinski definition) is 7. The highest BCUT2D eigenvalue weighted by Crippen LogP contribution is 2.04. The highest BCUT2D eigenvalue weighted by Gasteiger charge is 2.21. The van der Waals surface area contributed by atoms with Gasteiger partial charge < -0.3 is 26.2 Å². The van der Waals surface area contributed by atoms with Gasteiger partial charge in [0.2, 0.25) is 17.0 Å². The van der Waals surface area contributed by atoms with Gasteiger partial charge >= 0.3 is 11.9 Å². The molecule has 0 aromatic rings. The Bertz CT molecular complexity index is 517. The summed E-state index contributed by atoms with van der Waals surface area (Å²) in [5.41, 5.74) is 6.10. The average molecular weight is 402 g/mol. The van der Waals surface area contributed by atoms with Gasteiger partial charge in [-0.3, -0.25) is 14.4 Å². The number of ether oxygens (including phenoxy) is 1. The minimum atomic E-state index is -1.23. The molecule has 1 unspecified atom stereocenters. The van der Waals surface area contributed by atoms with Crippen molar-refractivity contribution in [3.05, 3.63) is 10.8 Å². The molecule has 0 aromatic heterocycles. The maximum atomic E-state index is 11.8. The van der Waals surface area contributed by atoms with Gasteiger partial charge in [0.05, 0.1) is 5.54 Å². The van der Waals surface area contributed by atoms with E-state index in [0.29, 0.717) is 0 Å². The number of aliphatic carboxylic acids is 1. The van der Waals surface area contributed by atoms with E-state index in [0.717, 1.165) is 5.54 Å². The van der Waals surface area contributed by atoms with E-state index in [9.17, 15) is 19.2 Å². The van der Waals surface area contributed by atoms with Crippen LogP contribution in [-0.2, 0) is 23.9 Å². The maximum absolute atomic E-state index is 11.8. The topological polar surface area (TPSA) is 148 Å². The number of halogens is 2. The van der Waals surface area contributed by atoms with Crippen molar-refractivity contribution in [1.29, 1.82) is 0 Å². The lowest BCUT2D eigenvalue weighted by molar-refractivity contribution is -0.139. The average Bonchev–Trinajstić information content (AvgIpc) is 2.54. The molecule has 12 heteroatoms. The minimum absolute atomic E-state index is 0.0417. The van der Waals surface area contributed by atoms with Gasteiger partial charge in [-0.05, 0) is 18.0 Å². The first kappa shape index (κ1) is 22.5. The maximum Gasteiger partial charge on any atom is 0.331 e. The molecule has 136 valence electrons. The Balaban J connectivity index is 4.32. The molecule has 5 N–H and O–H groups in total. The first-order chi connectivity index (χ1) is 11.2. The van der Waals surface area contributed by atoms with E-state index < -0.39 is 42.4 Å². The summed E-state index contributed by atoms with van der Waals surface area (Å²) in [4.78, 5) is 45.3. The summed E-state index contributed by atoms with van der Waals surface area (Å²) < 4.78 is 4.50. The summed E-state index contributed by atoms with van der Waals surface area (Å²) in [6.07, 6.45) is -0.263. The molecule has 0 heterocycles. The number of thiol groups is 1. The SMILES string of the molecule is NC(CCC(=O)N[C@H](CS)C(=O)NCC(=O)OC(Cl)=CCl)C(=O)O. The first-order valence-corrected chi connectivity index (χ1v) is 7.98. The van der Waals surface area contributed by atoms with Gasteiger partial charge in [-0.25, -0.2) is 4.79 Å². The summed E-state index contributed by atoms with van der Waals surface area (Å²) >= 11 is 14.5. The van der Waals surface area contributed by atoms with Crippen molar-refractivity contribution < 1.29 is 29.0 Å². The Kier molecular flexibility index (Phi) is 11.2. The third-order valence-corrected chi connectivity index (χ3v) is 3.40. The van der Waals surface area contributed by atoms with Crippen LogP contribution in [0.3, 0.4) is 0 Å². The van der Waals surface area contributed by atoms with Crippen LogP contribution in [-0.4, -0.2) is 53.2 Å². The van der Waals surface area contributed by atoms with E-state index in [2.05, 4.69) is 28.0 Å². The van der Waals surface area contributed by atoms with Crippen molar-refractivity contribution in [3.8, 4) is 0 Å². The third kappa shape index (κ3) is 9.60. The molecular formula is C12H17Cl2N3O6S. The normalized spacial score (nSPS) is 13.6. The Morgan fingerprint density at radius 1 is 1.33 bits per heavy atom. The number of carboxylic acids is 1. The lowest BCUT2D eigenvalue weighted by Crippen LogP contribution is -2.49. The summed E-state index contributed by atoms with van der Waals surface area (Å²) in [5, 5.41) is 12.8. The second kappa shape index (κ2) is 12.0. The zero-order chi connectivity index (χ0) is 18.7. The molecule has 0 aliphatic carbocycles. The van der Waals surface area contributed by atoms with Gasteiger partial charge in [-0.2, -0.15) is 12.6 Å². The van der Waals surface area contributed by atoms with Gasteiger partial charge in [-0.15, -0.1) is 0 Å². The zero-order valence-corrected chi connectivity index (χ0v) is 14.7. The van der Waals surface area contributed by atoms with E-state index in [1.807, 2.05) is 0 Å². The summed E-state index contributed by atoms with van der Waals surface area (Å²) in [6, 6.07) is -2.19. The highest BCUT2D eigenvalue weighted by atomic mass is 35.5. The van der Waals surface area contributed by atoms with Crippen LogP contribution < -0.4 is 16.4 Å². The first-order valence-electron chi connectivity index (χ1n) is 6.54. The van der Waals surface area contributed by atoms with Gasteiger partial charge in [-0.1, -0.05) is 11.6 Å². The van der Waals surface area contributed by atoms with Crippen LogP contribution >= 0.6 is 35.8 Å². The predicted molar refractivity (Wildman–Crippen MR) is 89.5 cm³/mol. The molecule has 9 nitrogen and oxygen atoms in total. The predicted octanol–water partition coefficient (Wildman–Crippen LogP) is -0.471. The fourth-order valence-electron chi connectivity index (χ4n) is 1.32. The van der Waals surface area contributed by atoms with Crippen LogP contribution in [0.15, 0.2) is 10.8 Å². The van der Waals surface area contributed by atoms with E-state index in [4.69, 9.17) is 34.0 Å². The number of rotatable bonds is 10. The van der Waals surface area contributed by atoms with Crippen molar-refractivity contribution in [2.75, 3.05) is 12.3 Å². The van der Waals surface area contributed by atoms with E-state index >= 15 is 0 Å². The van der Waals surface area contributed by atoms with Crippen LogP contribution in [0.2, 0.25) is 0 Å². The van der Waals surface area contributed by atoms with Gasteiger partial charge in [0.1, 0.15) is 18.6 Å². The molecule has 0 saturated heterocycles. The van der Waals surface area contributed by atoms with Crippen molar-refractivity contribution >= 4 is 59.6 Å². The Morgan fingerprint density at radius 3 is 2.46 bits per heavy atom. The summed E-state index contributed by atoms with van der Waals surface area (Å²) in [6.45, 7) is -0.496. The van der Waals surface area contributed by atoms with Gasteiger partial charge in [0, 0.05) is 12.2 Å². The number of nitrogens with one attached hydrogen (secondary N) is 2. The third-order valence-electron chi connectivity index (χ3n) is 2.54. The highest BCUT2D eigenvalue weighted by molar-refractivity contribution is 7.80. The molecule has 2 amide bonds. The number of hydrogen-bond donors (Lipinski definition) is 5. The monoisotopic (exact) mass is 401 g/mol. The van der Waals surface area contributed by atoms with Crippen LogP contribution in [0, 0.1) is 0 Å². The van der Waals surface area contributed by atoms with E-state index in [1.165, 1.54) is 0 Å². The Labute approximate surface area is 153 Å². The zero-order valence-electron chi connectivity index (χ0n) is 12.3. The summed E-state index contributed by atoms with van der Waals surface area (Å²) in [5.74, 6) is -3.38. The molecule has 0 spiro atoms. The number of esters is 1. The Hall–Kier alpha value is -1.49. The quantitative estimate of drug-likeness (QED) is 0.188. The lowest BCUT2D eigenvalue weighted by Gasteiger charge is -2.16. The number of nitrogens with two attached hydrogens (primary N) is 1. The van der Waals surface area contributed by atoms with Gasteiger partial charge in [0.15, 0.2) is 0 Å². The second-order valence-electron chi connectivity index (χ2n) is 4.39. The molecule has 0 saturated carbocycles. The summed E-state index contributed by atoms with van der Waals surface area (Å²) in [7, 11) is 0. The van der Waals surface area contributed by atoms with Crippen molar-refractivity contribution in [1.82, 2.24) is 10.6 Å². The van der Waals surface area contributed by atoms with Crippen LogP contribution in [0.4, 0.5) is 0 Å². The van der Waals surface area contributed by atoms with Crippen molar-refractivity contribution in [2.45, 2.75) is 24.9 Å². The van der Waals surface area contributed by atoms with Crippen LogP contribution in [0.5, 0.6) is 0 Å². The fourth-order valence-corrected chi connectivity index (χ4v) is 1.71. The minimum Gasteiger partial charge on any atom is -0.480 e. The molecular weight excluding hydrogens is 385 g/mol. The molecule has 0 aliphatic heterocycles. The molecule has 0 rings (SSSR count). The van der Waals surface area contributed by atoms with Crippen LogP contribution in [0.25, 0.3) is 0 Å². The molecule has 0 aromatic carbocycles. The number of carbonyl (C=O) groups is 4. The van der Waals surface area contributed by atoms with E-state index in [1.54, 1.807) is 0 Å². The number of amides is 2. The molecule has 2 atom stereocenters. The van der Waals surface area contributed by atoms with Crippen LogP contribution in [0.1, 0.15) is 12.8 Å². The molecule has 0 bridgehead atoms.